The number of hydrogen-bond acceptors (Lipinski definition) is 5. The fourth-order valence-electron chi connectivity index (χ4n) is 1.35. The summed E-state index contributed by atoms with van der Waals surface area (Å²) in [5.74, 6) is 0.532. The van der Waals surface area contributed by atoms with Crippen molar-refractivity contribution in [3.05, 3.63) is 11.3 Å². The Morgan fingerprint density at radius 2 is 2.19 bits per heavy atom. The van der Waals surface area contributed by atoms with Gasteiger partial charge in [0, 0.05) is 12.0 Å². The highest BCUT2D eigenvalue weighted by molar-refractivity contribution is 6.38. The molecule has 0 aromatic carbocycles. The predicted molar refractivity (Wildman–Crippen MR) is 62.6 cm³/mol. The van der Waals surface area contributed by atoms with E-state index in [1.54, 1.807) is 13.8 Å². The molecule has 1 N–H and O–H groups in total. The summed E-state index contributed by atoms with van der Waals surface area (Å²) in [6, 6.07) is 0. The minimum atomic E-state index is 0.0155. The summed E-state index contributed by atoms with van der Waals surface area (Å²) < 4.78 is 5.07. The third kappa shape index (κ3) is 2.68. The van der Waals surface area contributed by atoms with E-state index in [1.165, 1.54) is 0 Å². The third-order valence-electron chi connectivity index (χ3n) is 2.39. The number of carbonyl (C=O) groups excluding carboxylic acids is 1. The quantitative estimate of drug-likeness (QED) is 0.614. The molecule has 1 aromatic heterocycles. The van der Waals surface area contributed by atoms with Crippen molar-refractivity contribution in [1.82, 2.24) is 5.16 Å². The molecule has 0 aliphatic rings. The number of Topliss-reactive ketones (excluding diaryl/α,β-unsaturated/α-hetero) is 1. The molecule has 88 valence electrons. The maximum Gasteiger partial charge on any atom is 0.248 e. The summed E-state index contributed by atoms with van der Waals surface area (Å²) in [6.07, 6.45) is 1.26. The van der Waals surface area contributed by atoms with Gasteiger partial charge in [-0.05, 0) is 20.3 Å². The largest absolute Gasteiger partial charge is 0.336 e. The Morgan fingerprint density at radius 1 is 1.50 bits per heavy atom. The lowest BCUT2D eigenvalue weighted by Gasteiger charge is -1.99. The van der Waals surface area contributed by atoms with Crippen LogP contribution in [0.2, 0.25) is 0 Å². The second kappa shape index (κ2) is 5.44. The first-order valence-electron chi connectivity index (χ1n) is 5.38. The Hall–Kier alpha value is -1.65. The zero-order chi connectivity index (χ0) is 12.1. The maximum absolute atomic E-state index is 11.3. The minimum Gasteiger partial charge on any atom is -0.336 e. The number of carbonyl (C=O) groups is 1. The van der Waals surface area contributed by atoms with E-state index in [0.29, 0.717) is 18.0 Å². The molecule has 0 bridgehead atoms. The molecule has 1 rings (SSSR count). The first-order valence-corrected chi connectivity index (χ1v) is 5.38. The van der Waals surface area contributed by atoms with Gasteiger partial charge >= 0.3 is 0 Å². The van der Waals surface area contributed by atoms with E-state index < -0.39 is 0 Å². The van der Waals surface area contributed by atoms with Crippen molar-refractivity contribution in [2.45, 2.75) is 40.5 Å². The predicted octanol–water partition coefficient (Wildman–Crippen LogP) is 2.31. The van der Waals surface area contributed by atoms with E-state index in [-0.39, 0.29) is 5.78 Å². The van der Waals surface area contributed by atoms with Gasteiger partial charge in [-0.2, -0.15) is 5.10 Å². The molecule has 1 aromatic rings. The van der Waals surface area contributed by atoms with Gasteiger partial charge in [0.25, 0.3) is 0 Å². The van der Waals surface area contributed by atoms with Crippen molar-refractivity contribution in [2.24, 2.45) is 5.10 Å². The number of hydrogen-bond donors (Lipinski definition) is 1. The second-order valence-corrected chi connectivity index (χ2v) is 3.51. The summed E-state index contributed by atoms with van der Waals surface area (Å²) in [6.45, 7) is 7.37. The average molecular weight is 223 g/mol. The van der Waals surface area contributed by atoms with Crippen LogP contribution in [0.15, 0.2) is 9.62 Å². The zero-order valence-corrected chi connectivity index (χ0v) is 10.1. The summed E-state index contributed by atoms with van der Waals surface area (Å²) in [5, 5.41) is 7.81. The zero-order valence-electron chi connectivity index (χ0n) is 10.1. The van der Waals surface area contributed by atoms with E-state index in [0.717, 1.165) is 17.7 Å². The van der Waals surface area contributed by atoms with E-state index in [2.05, 4.69) is 15.7 Å². The number of nitrogens with zero attached hydrogens (tertiary/aromatic N) is 2. The van der Waals surface area contributed by atoms with Crippen molar-refractivity contribution < 1.29 is 9.32 Å². The summed E-state index contributed by atoms with van der Waals surface area (Å²) in [5.41, 5.74) is 5.01. The van der Waals surface area contributed by atoms with E-state index >= 15 is 0 Å². The fraction of sp³-hybridized carbons (Fsp3) is 0.545. The molecule has 0 saturated carbocycles. The molecule has 0 saturated heterocycles. The Kier molecular flexibility index (Phi) is 4.22. The number of aryl methyl sites for hydroxylation is 1. The van der Waals surface area contributed by atoms with Crippen molar-refractivity contribution >= 4 is 17.4 Å². The van der Waals surface area contributed by atoms with Crippen LogP contribution in [0.1, 0.15) is 38.4 Å². The maximum atomic E-state index is 11.3. The second-order valence-electron chi connectivity index (χ2n) is 3.51. The van der Waals surface area contributed by atoms with E-state index in [1.807, 2.05) is 13.8 Å². The number of aromatic nitrogens is 1. The SMILES string of the molecule is CCC(=O)/C(C)=N/Nc1onc(C)c1CC. The highest BCUT2D eigenvalue weighted by atomic mass is 16.5. The lowest BCUT2D eigenvalue weighted by atomic mass is 10.2. The van der Waals surface area contributed by atoms with E-state index in [4.69, 9.17) is 4.52 Å². The van der Waals surface area contributed by atoms with Crippen molar-refractivity contribution in [3.8, 4) is 0 Å². The molecule has 0 atom stereocenters. The van der Waals surface area contributed by atoms with Gasteiger partial charge in [0.05, 0.1) is 5.69 Å². The number of hydrazone groups is 1. The summed E-state index contributed by atoms with van der Waals surface area (Å²) >= 11 is 0. The van der Waals surface area contributed by atoms with Gasteiger partial charge in [0.1, 0.15) is 5.71 Å². The third-order valence-corrected chi connectivity index (χ3v) is 2.39. The standard InChI is InChI=1S/C11H17N3O2/c1-5-9-7(3)14-16-11(9)13-12-8(4)10(15)6-2/h13H,5-6H2,1-4H3/b12-8+. The lowest BCUT2D eigenvalue weighted by Crippen LogP contribution is -2.10. The molecule has 0 spiro atoms. The molecule has 5 heteroatoms. The average Bonchev–Trinajstić information content (AvgIpc) is 2.65. The molecule has 16 heavy (non-hydrogen) atoms. The highest BCUT2D eigenvalue weighted by Crippen LogP contribution is 2.19. The first kappa shape index (κ1) is 12.4. The molecule has 0 amide bonds. The summed E-state index contributed by atoms with van der Waals surface area (Å²) in [7, 11) is 0. The van der Waals surface area contributed by atoms with Gasteiger partial charge in [0.15, 0.2) is 5.78 Å². The topological polar surface area (TPSA) is 67.5 Å². The van der Waals surface area contributed by atoms with Gasteiger partial charge in [-0.3, -0.25) is 4.79 Å². The van der Waals surface area contributed by atoms with Gasteiger partial charge in [-0.15, -0.1) is 0 Å². The van der Waals surface area contributed by atoms with Crippen molar-refractivity contribution in [2.75, 3.05) is 5.43 Å². The van der Waals surface area contributed by atoms with Gasteiger partial charge in [0.2, 0.25) is 5.88 Å². The Bertz CT molecular complexity index is 407. The molecule has 1 heterocycles. The van der Waals surface area contributed by atoms with Crippen LogP contribution in [0.5, 0.6) is 0 Å². The van der Waals surface area contributed by atoms with Crippen molar-refractivity contribution in [1.29, 1.82) is 0 Å². The molecule has 0 radical (unpaired) electrons. The molecule has 0 aliphatic carbocycles. The smallest absolute Gasteiger partial charge is 0.248 e. The van der Waals surface area contributed by atoms with Crippen LogP contribution in [0.3, 0.4) is 0 Å². The molecule has 0 unspecified atom stereocenters. The molecule has 0 aliphatic heterocycles. The van der Waals surface area contributed by atoms with Crippen LogP contribution in [-0.2, 0) is 11.2 Å². The van der Waals surface area contributed by atoms with Gasteiger partial charge in [-0.1, -0.05) is 19.0 Å². The van der Waals surface area contributed by atoms with Gasteiger partial charge in [-0.25, -0.2) is 5.43 Å². The molecular weight excluding hydrogens is 206 g/mol. The Labute approximate surface area is 94.9 Å². The van der Waals surface area contributed by atoms with Crippen LogP contribution in [0.4, 0.5) is 5.88 Å². The van der Waals surface area contributed by atoms with Crippen LogP contribution < -0.4 is 5.43 Å². The van der Waals surface area contributed by atoms with E-state index in [9.17, 15) is 4.79 Å². The van der Waals surface area contributed by atoms with Crippen molar-refractivity contribution in [3.63, 3.8) is 0 Å². The normalized spacial score (nSPS) is 11.6. The number of rotatable bonds is 5. The Balaban J connectivity index is 2.78. The van der Waals surface area contributed by atoms with Crippen LogP contribution in [-0.4, -0.2) is 16.7 Å². The Morgan fingerprint density at radius 3 is 2.75 bits per heavy atom. The first-order chi connectivity index (χ1) is 7.60. The van der Waals surface area contributed by atoms with Crippen LogP contribution in [0, 0.1) is 6.92 Å². The van der Waals surface area contributed by atoms with Crippen LogP contribution in [0.25, 0.3) is 0 Å². The minimum absolute atomic E-state index is 0.0155. The van der Waals surface area contributed by atoms with Crippen LogP contribution >= 0.6 is 0 Å². The highest BCUT2D eigenvalue weighted by Gasteiger charge is 2.10. The number of nitrogens with one attached hydrogen (secondary N) is 1. The number of ketones is 1. The monoisotopic (exact) mass is 223 g/mol. The fourth-order valence-corrected chi connectivity index (χ4v) is 1.35. The molecule has 5 nitrogen and oxygen atoms in total. The molecule has 0 fully saturated rings. The van der Waals surface area contributed by atoms with Gasteiger partial charge < -0.3 is 4.52 Å². The number of anilines is 1. The molecular formula is C11H17N3O2. The summed E-state index contributed by atoms with van der Waals surface area (Å²) in [4.78, 5) is 11.3. The lowest BCUT2D eigenvalue weighted by molar-refractivity contribution is -0.112.